The molecule has 0 fully saturated rings. The first-order chi connectivity index (χ1) is 14.0. The summed E-state index contributed by atoms with van der Waals surface area (Å²) in [7, 11) is 2.01. The van der Waals surface area contributed by atoms with Gasteiger partial charge in [-0.1, -0.05) is 24.3 Å². The van der Waals surface area contributed by atoms with Gasteiger partial charge in [-0.25, -0.2) is 0 Å². The first-order valence-corrected chi connectivity index (χ1v) is 8.65. The quantitative estimate of drug-likeness (QED) is 0.304. The number of anilines is 1. The topological polar surface area (TPSA) is 116 Å². The van der Waals surface area contributed by atoms with E-state index in [2.05, 4.69) is 27.2 Å². The third-order valence-corrected chi connectivity index (χ3v) is 4.72. The van der Waals surface area contributed by atoms with E-state index in [1.165, 1.54) is 12.1 Å². The molecule has 0 aliphatic carbocycles. The predicted molar refractivity (Wildman–Crippen MR) is 111 cm³/mol. The molecule has 0 aliphatic rings. The van der Waals surface area contributed by atoms with Crippen molar-refractivity contribution in [2.24, 2.45) is 12.1 Å². The largest absolute Gasteiger partial charge is 0.344 e. The van der Waals surface area contributed by atoms with Crippen LogP contribution in [0.2, 0.25) is 0 Å². The second-order valence-electron chi connectivity index (χ2n) is 6.44. The fourth-order valence-electron chi connectivity index (χ4n) is 3.32. The Morgan fingerprint density at radius 1 is 0.931 bits per heavy atom. The number of hydrogen-bond donors (Lipinski definition) is 1. The zero-order valence-corrected chi connectivity index (χ0v) is 15.3. The molecule has 4 rings (SSSR count). The first kappa shape index (κ1) is 18.1. The molecule has 0 amide bonds. The standard InChI is InChI=1S/C20H15N5O4/c1-23-18-5-3-2-4-15(18)16-10-13(6-9-19(16)23)12-21-22-17-8-7-14(24(26)27)11-20(17)25(28)29/h2-12,22H,1H3/b21-12+. The molecule has 1 heterocycles. The molecule has 3 aromatic carbocycles. The number of para-hydroxylation sites is 1. The Bertz CT molecular complexity index is 1310. The molecule has 144 valence electrons. The van der Waals surface area contributed by atoms with E-state index in [1.54, 1.807) is 6.21 Å². The van der Waals surface area contributed by atoms with Crippen LogP contribution in [0.1, 0.15) is 5.56 Å². The van der Waals surface area contributed by atoms with Crippen molar-refractivity contribution in [1.82, 2.24) is 4.57 Å². The van der Waals surface area contributed by atoms with Crippen LogP contribution in [0.5, 0.6) is 0 Å². The molecular weight excluding hydrogens is 374 g/mol. The maximum atomic E-state index is 11.2. The number of aryl methyl sites for hydroxylation is 1. The third kappa shape index (κ3) is 3.25. The fourth-order valence-corrected chi connectivity index (χ4v) is 3.32. The lowest BCUT2D eigenvalue weighted by Crippen LogP contribution is -1.98. The number of rotatable bonds is 5. The summed E-state index contributed by atoms with van der Waals surface area (Å²) in [5.74, 6) is 0. The number of nitro groups is 2. The summed E-state index contributed by atoms with van der Waals surface area (Å²) in [6.07, 6.45) is 1.55. The van der Waals surface area contributed by atoms with Crippen LogP contribution in [-0.4, -0.2) is 20.6 Å². The highest BCUT2D eigenvalue weighted by molar-refractivity contribution is 6.09. The molecular formula is C20H15N5O4. The van der Waals surface area contributed by atoms with Gasteiger partial charge >= 0.3 is 5.69 Å². The minimum Gasteiger partial charge on any atom is -0.344 e. The van der Waals surface area contributed by atoms with Crippen LogP contribution in [0.3, 0.4) is 0 Å². The second kappa shape index (κ2) is 7.04. The molecule has 0 atom stereocenters. The summed E-state index contributed by atoms with van der Waals surface area (Å²) in [5.41, 5.74) is 4.92. The number of benzene rings is 3. The molecule has 29 heavy (non-hydrogen) atoms. The van der Waals surface area contributed by atoms with Crippen molar-refractivity contribution in [3.8, 4) is 0 Å². The van der Waals surface area contributed by atoms with Gasteiger partial charge in [0.25, 0.3) is 5.69 Å². The van der Waals surface area contributed by atoms with Crippen molar-refractivity contribution in [3.63, 3.8) is 0 Å². The molecule has 0 spiro atoms. The molecule has 0 radical (unpaired) electrons. The molecule has 0 unspecified atom stereocenters. The van der Waals surface area contributed by atoms with Crippen LogP contribution in [0, 0.1) is 20.2 Å². The summed E-state index contributed by atoms with van der Waals surface area (Å²) in [5, 5.41) is 28.3. The van der Waals surface area contributed by atoms with E-state index in [1.807, 2.05) is 37.4 Å². The van der Waals surface area contributed by atoms with E-state index in [0.717, 1.165) is 33.4 Å². The van der Waals surface area contributed by atoms with Gasteiger partial charge in [0.05, 0.1) is 22.1 Å². The molecule has 0 saturated carbocycles. The van der Waals surface area contributed by atoms with Gasteiger partial charge in [-0.2, -0.15) is 5.10 Å². The molecule has 4 aromatic rings. The predicted octanol–water partition coefficient (Wildman–Crippen LogP) is 4.59. The Morgan fingerprint density at radius 3 is 2.45 bits per heavy atom. The lowest BCUT2D eigenvalue weighted by atomic mass is 10.1. The Balaban J connectivity index is 1.65. The van der Waals surface area contributed by atoms with Crippen LogP contribution in [0.4, 0.5) is 17.1 Å². The van der Waals surface area contributed by atoms with Crippen LogP contribution in [0.15, 0.2) is 65.8 Å². The summed E-state index contributed by atoms with van der Waals surface area (Å²) >= 11 is 0. The average molecular weight is 389 g/mol. The lowest BCUT2D eigenvalue weighted by Gasteiger charge is -2.02. The number of fused-ring (bicyclic) bond motifs is 3. The summed E-state index contributed by atoms with van der Waals surface area (Å²) < 4.78 is 2.12. The van der Waals surface area contributed by atoms with Gasteiger partial charge in [0.1, 0.15) is 5.69 Å². The number of aromatic nitrogens is 1. The maximum absolute atomic E-state index is 11.2. The van der Waals surface area contributed by atoms with E-state index in [-0.39, 0.29) is 11.4 Å². The SMILES string of the molecule is Cn1c2ccccc2c2cc(/C=N/Nc3ccc([N+](=O)[O-])cc3[N+](=O)[O-])ccc21. The number of nitrogens with one attached hydrogen (secondary N) is 1. The van der Waals surface area contributed by atoms with Crippen LogP contribution < -0.4 is 5.43 Å². The summed E-state index contributed by atoms with van der Waals surface area (Å²) in [6, 6.07) is 17.3. The van der Waals surface area contributed by atoms with Crippen LogP contribution >= 0.6 is 0 Å². The van der Waals surface area contributed by atoms with Crippen LogP contribution in [0.25, 0.3) is 21.8 Å². The van der Waals surface area contributed by atoms with Gasteiger partial charge < -0.3 is 4.57 Å². The highest BCUT2D eigenvalue weighted by Gasteiger charge is 2.19. The molecule has 1 aromatic heterocycles. The van der Waals surface area contributed by atoms with Gasteiger partial charge in [-0.15, -0.1) is 0 Å². The average Bonchev–Trinajstić information content (AvgIpc) is 3.00. The second-order valence-corrected chi connectivity index (χ2v) is 6.44. The zero-order chi connectivity index (χ0) is 20.5. The maximum Gasteiger partial charge on any atom is 0.301 e. The third-order valence-electron chi connectivity index (χ3n) is 4.72. The van der Waals surface area contributed by atoms with E-state index in [4.69, 9.17) is 0 Å². The number of hydrogen-bond acceptors (Lipinski definition) is 6. The van der Waals surface area contributed by atoms with Crippen molar-refractivity contribution in [3.05, 3.63) is 86.5 Å². The molecule has 0 saturated heterocycles. The van der Waals surface area contributed by atoms with Gasteiger partial charge in [-0.05, 0) is 29.8 Å². The number of nitro benzene ring substituents is 2. The Labute approximate surface area is 164 Å². The van der Waals surface area contributed by atoms with Crippen molar-refractivity contribution >= 4 is 45.1 Å². The minimum absolute atomic E-state index is 0.0723. The van der Waals surface area contributed by atoms with Gasteiger partial charge in [0.2, 0.25) is 0 Å². The van der Waals surface area contributed by atoms with Crippen molar-refractivity contribution in [2.75, 3.05) is 5.43 Å². The number of hydrazone groups is 1. The summed E-state index contributed by atoms with van der Waals surface area (Å²) in [4.78, 5) is 20.6. The molecule has 9 nitrogen and oxygen atoms in total. The molecule has 1 N–H and O–H groups in total. The molecule has 0 aliphatic heterocycles. The van der Waals surface area contributed by atoms with Crippen molar-refractivity contribution in [2.45, 2.75) is 0 Å². The van der Waals surface area contributed by atoms with E-state index >= 15 is 0 Å². The van der Waals surface area contributed by atoms with E-state index < -0.39 is 15.5 Å². The number of non-ortho nitro benzene ring substituents is 1. The zero-order valence-electron chi connectivity index (χ0n) is 15.3. The number of nitrogens with zero attached hydrogens (tertiary/aromatic N) is 4. The Kier molecular flexibility index (Phi) is 4.40. The Morgan fingerprint density at radius 2 is 1.69 bits per heavy atom. The highest BCUT2D eigenvalue weighted by Crippen LogP contribution is 2.30. The Hall–Kier alpha value is -4.27. The first-order valence-electron chi connectivity index (χ1n) is 8.65. The summed E-state index contributed by atoms with van der Waals surface area (Å²) in [6.45, 7) is 0. The molecule has 0 bridgehead atoms. The van der Waals surface area contributed by atoms with E-state index in [9.17, 15) is 20.2 Å². The normalized spacial score (nSPS) is 11.3. The monoisotopic (exact) mass is 389 g/mol. The van der Waals surface area contributed by atoms with Gasteiger partial charge in [-0.3, -0.25) is 25.7 Å². The smallest absolute Gasteiger partial charge is 0.301 e. The van der Waals surface area contributed by atoms with Crippen LogP contribution in [-0.2, 0) is 7.05 Å². The molecule has 9 heteroatoms. The highest BCUT2D eigenvalue weighted by atomic mass is 16.6. The van der Waals surface area contributed by atoms with Crippen molar-refractivity contribution < 1.29 is 9.85 Å². The lowest BCUT2D eigenvalue weighted by molar-refractivity contribution is -0.393. The van der Waals surface area contributed by atoms with Crippen molar-refractivity contribution in [1.29, 1.82) is 0 Å². The van der Waals surface area contributed by atoms with E-state index in [0.29, 0.717) is 0 Å². The van der Waals surface area contributed by atoms with Gasteiger partial charge in [0, 0.05) is 34.9 Å². The minimum atomic E-state index is -0.687. The van der Waals surface area contributed by atoms with Gasteiger partial charge in [0.15, 0.2) is 0 Å². The fraction of sp³-hybridized carbons (Fsp3) is 0.0500.